The molecular weight excluding hydrogens is 523 g/mol. The highest BCUT2D eigenvalue weighted by atomic mass is 31.0. The normalized spacial score (nSPS) is 12.5. The van der Waals surface area contributed by atoms with Crippen molar-refractivity contribution in [2.45, 2.75) is 134 Å². The number of carbonyl (C=O) groups excluding carboxylic acids is 2. The van der Waals surface area contributed by atoms with Gasteiger partial charge in [0.15, 0.2) is 0 Å². The molecule has 0 spiro atoms. The van der Waals surface area contributed by atoms with Gasteiger partial charge in [-0.1, -0.05) is 73.6 Å². The average molecular weight is 575 g/mol. The number of rotatable bonds is 28. The van der Waals surface area contributed by atoms with Gasteiger partial charge in [-0.05, 0) is 38.5 Å². The molecule has 0 aliphatic carbocycles. The van der Waals surface area contributed by atoms with Crippen LogP contribution in [0.5, 0.6) is 0 Å². The van der Waals surface area contributed by atoms with E-state index >= 15 is 0 Å². The van der Waals surface area contributed by atoms with Crippen LogP contribution in [0.3, 0.4) is 0 Å². The third-order valence-corrected chi connectivity index (χ3v) is 7.28. The summed E-state index contributed by atoms with van der Waals surface area (Å²) in [6.45, 7) is 0.398. The fourth-order valence-electron chi connectivity index (χ4n) is 4.43. The molecule has 0 bridgehead atoms. The Morgan fingerprint density at radius 1 is 0.590 bits per heavy atom. The van der Waals surface area contributed by atoms with Gasteiger partial charge in [-0.15, -0.1) is 0 Å². The van der Waals surface area contributed by atoms with Crippen molar-refractivity contribution >= 4 is 39.0 Å². The van der Waals surface area contributed by atoms with Gasteiger partial charge in [-0.25, -0.2) is 0 Å². The molecule has 0 fully saturated rings. The van der Waals surface area contributed by atoms with Crippen molar-refractivity contribution in [3.63, 3.8) is 0 Å². The van der Waals surface area contributed by atoms with Crippen molar-refractivity contribution < 1.29 is 39.3 Å². The molecule has 5 N–H and O–H groups in total. The summed E-state index contributed by atoms with van der Waals surface area (Å²) in [5.74, 6) is -3.88. The lowest BCUT2D eigenvalue weighted by molar-refractivity contribution is -0.144. The van der Waals surface area contributed by atoms with Crippen molar-refractivity contribution in [2.75, 3.05) is 6.54 Å². The molecular formula is C28H51N2O8P. The molecule has 0 radical (unpaired) electrons. The summed E-state index contributed by atoms with van der Waals surface area (Å²) in [5, 5.41) is 32.4. The average Bonchev–Trinajstić information content (AvgIpc) is 2.88. The molecule has 226 valence electrons. The second-order valence-electron chi connectivity index (χ2n) is 10.4. The van der Waals surface area contributed by atoms with E-state index in [9.17, 15) is 29.1 Å². The number of carboxylic acids is 3. The molecule has 3 atom stereocenters. The highest BCUT2D eigenvalue weighted by Gasteiger charge is 2.22. The van der Waals surface area contributed by atoms with E-state index in [-0.39, 0.29) is 37.4 Å². The SMILES string of the molecule is O=C(O)CCCCCCCCCCCCCCC(=O)C[C@@H](CCC(=O)NCCCC[C@H](NP)C(=O)O)C(=O)O. The number of nitrogens with one attached hydrogen (secondary N) is 2. The maximum Gasteiger partial charge on any atom is 0.320 e. The molecule has 0 aliphatic heterocycles. The number of unbranched alkanes of at least 4 members (excludes halogenated alkanes) is 12. The molecule has 0 aromatic rings. The number of hydrogen-bond acceptors (Lipinski definition) is 6. The van der Waals surface area contributed by atoms with Gasteiger partial charge >= 0.3 is 17.9 Å². The Morgan fingerprint density at radius 2 is 1.10 bits per heavy atom. The second kappa shape index (κ2) is 24.9. The lowest BCUT2D eigenvalue weighted by atomic mass is 9.94. The van der Waals surface area contributed by atoms with Gasteiger partial charge < -0.3 is 20.6 Å². The zero-order chi connectivity index (χ0) is 29.3. The third kappa shape index (κ3) is 23.5. The van der Waals surface area contributed by atoms with Crippen LogP contribution in [0.25, 0.3) is 0 Å². The molecule has 39 heavy (non-hydrogen) atoms. The van der Waals surface area contributed by atoms with E-state index in [4.69, 9.17) is 10.2 Å². The number of carboxylic acid groups (broad SMARTS) is 3. The molecule has 1 amide bonds. The minimum Gasteiger partial charge on any atom is -0.481 e. The largest absolute Gasteiger partial charge is 0.481 e. The molecule has 0 aromatic heterocycles. The van der Waals surface area contributed by atoms with E-state index in [1.54, 1.807) is 0 Å². The predicted molar refractivity (Wildman–Crippen MR) is 153 cm³/mol. The molecule has 0 saturated heterocycles. The molecule has 11 heteroatoms. The third-order valence-electron chi connectivity index (χ3n) is 6.88. The van der Waals surface area contributed by atoms with E-state index < -0.39 is 29.9 Å². The van der Waals surface area contributed by atoms with Crippen LogP contribution in [0.4, 0.5) is 0 Å². The van der Waals surface area contributed by atoms with Crippen LogP contribution in [0.1, 0.15) is 128 Å². The quantitative estimate of drug-likeness (QED) is 0.0630. The van der Waals surface area contributed by atoms with Crippen molar-refractivity contribution in [3.8, 4) is 0 Å². The Hall–Kier alpha value is -2.06. The Bertz CT molecular complexity index is 720. The summed E-state index contributed by atoms with van der Waals surface area (Å²) in [6, 6.07) is -0.643. The zero-order valence-corrected chi connectivity index (χ0v) is 24.6. The molecule has 0 aliphatic rings. The first-order chi connectivity index (χ1) is 18.7. The van der Waals surface area contributed by atoms with Crippen molar-refractivity contribution in [1.29, 1.82) is 0 Å². The maximum absolute atomic E-state index is 12.3. The highest BCUT2D eigenvalue weighted by Crippen LogP contribution is 2.17. The van der Waals surface area contributed by atoms with Crippen molar-refractivity contribution in [2.24, 2.45) is 5.92 Å². The Morgan fingerprint density at radius 3 is 1.56 bits per heavy atom. The fourth-order valence-corrected chi connectivity index (χ4v) is 4.74. The van der Waals surface area contributed by atoms with Gasteiger partial charge in [0.2, 0.25) is 5.91 Å². The smallest absolute Gasteiger partial charge is 0.320 e. The number of ketones is 1. The molecule has 1 unspecified atom stereocenters. The Labute approximate surface area is 235 Å². The van der Waals surface area contributed by atoms with E-state index in [2.05, 4.69) is 19.8 Å². The first-order valence-electron chi connectivity index (χ1n) is 14.6. The van der Waals surface area contributed by atoms with Crippen LogP contribution in [0, 0.1) is 5.92 Å². The van der Waals surface area contributed by atoms with Gasteiger partial charge in [0.25, 0.3) is 0 Å². The van der Waals surface area contributed by atoms with Crippen LogP contribution in [0.15, 0.2) is 0 Å². The molecule has 0 heterocycles. The zero-order valence-electron chi connectivity index (χ0n) is 23.5. The summed E-state index contributed by atoms with van der Waals surface area (Å²) >= 11 is 0. The van der Waals surface area contributed by atoms with E-state index in [0.717, 1.165) is 51.4 Å². The second-order valence-corrected chi connectivity index (χ2v) is 10.7. The number of Topliss-reactive ketones (excluding diaryl/α,β-unsaturated/α-hetero) is 1. The van der Waals surface area contributed by atoms with E-state index in [0.29, 0.717) is 32.2 Å². The predicted octanol–water partition coefficient (Wildman–Crippen LogP) is 5.09. The van der Waals surface area contributed by atoms with Gasteiger partial charge in [-0.3, -0.25) is 29.1 Å². The van der Waals surface area contributed by atoms with Crippen LogP contribution in [0.2, 0.25) is 0 Å². The van der Waals surface area contributed by atoms with Gasteiger partial charge in [-0.2, -0.15) is 0 Å². The lowest BCUT2D eigenvalue weighted by Crippen LogP contribution is -2.30. The lowest BCUT2D eigenvalue weighted by Gasteiger charge is -2.12. The van der Waals surface area contributed by atoms with Crippen LogP contribution in [-0.2, 0) is 24.0 Å². The Kier molecular flexibility index (Phi) is 23.6. The van der Waals surface area contributed by atoms with Crippen LogP contribution < -0.4 is 10.4 Å². The van der Waals surface area contributed by atoms with Crippen molar-refractivity contribution in [1.82, 2.24) is 10.4 Å². The first-order valence-corrected chi connectivity index (χ1v) is 15.2. The number of hydrogen-bond donors (Lipinski definition) is 5. The monoisotopic (exact) mass is 574 g/mol. The summed E-state index contributed by atoms with van der Waals surface area (Å²) in [5.41, 5.74) is 0. The Balaban J connectivity index is 3.78. The summed E-state index contributed by atoms with van der Waals surface area (Å²) in [7, 11) is 2.19. The highest BCUT2D eigenvalue weighted by molar-refractivity contribution is 7.13. The first kappa shape index (κ1) is 36.9. The summed E-state index contributed by atoms with van der Waals surface area (Å²) < 4.78 is 0. The van der Waals surface area contributed by atoms with Crippen molar-refractivity contribution in [3.05, 3.63) is 0 Å². The molecule has 10 nitrogen and oxygen atoms in total. The minimum atomic E-state index is -1.05. The summed E-state index contributed by atoms with van der Waals surface area (Å²) in [4.78, 5) is 57.2. The van der Waals surface area contributed by atoms with Crippen LogP contribution >= 0.6 is 9.39 Å². The summed E-state index contributed by atoms with van der Waals surface area (Å²) in [6.07, 6.45) is 15.2. The van der Waals surface area contributed by atoms with E-state index in [1.807, 2.05) is 0 Å². The standard InChI is InChI=1S/C28H51N2O8P/c31-23(15-11-9-7-5-3-1-2-4-6-8-10-12-17-26(33)34)21-22(27(35)36)18-19-25(32)29-20-14-13-16-24(30-39)28(37)38/h22,24,30H,1-21,39H2,(H,29,32)(H,33,34)(H,35,36)(H,37,38)/t22-,24+/m1/s1. The number of amides is 1. The fraction of sp³-hybridized carbons (Fsp3) is 0.821. The molecule has 0 rings (SSSR count). The molecule has 0 aromatic carbocycles. The number of carbonyl (C=O) groups is 5. The maximum atomic E-state index is 12.3. The van der Waals surface area contributed by atoms with Gasteiger partial charge in [0, 0.05) is 32.2 Å². The van der Waals surface area contributed by atoms with Gasteiger partial charge in [0.1, 0.15) is 11.8 Å². The van der Waals surface area contributed by atoms with Crippen LogP contribution in [-0.4, -0.2) is 57.5 Å². The van der Waals surface area contributed by atoms with E-state index in [1.165, 1.54) is 25.7 Å². The molecule has 0 saturated carbocycles. The number of aliphatic carboxylic acids is 3. The minimum absolute atomic E-state index is 0.0415. The topological polar surface area (TPSA) is 170 Å². The van der Waals surface area contributed by atoms with Gasteiger partial charge in [0.05, 0.1) is 5.92 Å².